The van der Waals surface area contributed by atoms with E-state index in [9.17, 15) is 10.1 Å². The summed E-state index contributed by atoms with van der Waals surface area (Å²) in [5.74, 6) is 0.756. The fourth-order valence-electron chi connectivity index (χ4n) is 2.85. The standard InChI is InChI=1S/C23H21N3O2S/c1-15-7-9-20(16(2)11-15)25-22(27)14-29-23-18(13-24)8-10-21(26-23)17-5-4-6-19(12-17)28-3/h4-12H,14H2,1-3H3,(H,25,27). The van der Waals surface area contributed by atoms with Gasteiger partial charge in [-0.1, -0.05) is 41.6 Å². The summed E-state index contributed by atoms with van der Waals surface area (Å²) in [6.45, 7) is 3.97. The lowest BCUT2D eigenvalue weighted by molar-refractivity contribution is -0.113. The van der Waals surface area contributed by atoms with Crippen LogP contribution in [0.3, 0.4) is 0 Å². The van der Waals surface area contributed by atoms with E-state index in [1.165, 1.54) is 11.8 Å². The van der Waals surface area contributed by atoms with Crippen molar-refractivity contribution in [3.63, 3.8) is 0 Å². The Hall–Kier alpha value is -3.30. The molecule has 146 valence electrons. The van der Waals surface area contributed by atoms with E-state index >= 15 is 0 Å². The summed E-state index contributed by atoms with van der Waals surface area (Å²) in [5.41, 5.74) is 5.00. The first-order chi connectivity index (χ1) is 14.0. The minimum absolute atomic E-state index is 0.139. The van der Waals surface area contributed by atoms with Crippen molar-refractivity contribution in [2.45, 2.75) is 18.9 Å². The van der Waals surface area contributed by atoms with E-state index in [1.807, 2.05) is 56.3 Å². The first kappa shape index (κ1) is 20.4. The molecule has 3 rings (SSSR count). The SMILES string of the molecule is COc1cccc(-c2ccc(C#N)c(SCC(=O)Nc3ccc(C)cc3C)n2)c1. The molecule has 29 heavy (non-hydrogen) atoms. The number of amides is 1. The summed E-state index contributed by atoms with van der Waals surface area (Å²) in [4.78, 5) is 17.0. The first-order valence-corrected chi connectivity index (χ1v) is 10.0. The molecule has 0 aliphatic heterocycles. The zero-order valence-electron chi connectivity index (χ0n) is 16.5. The van der Waals surface area contributed by atoms with Gasteiger partial charge in [0.2, 0.25) is 5.91 Å². The molecule has 1 N–H and O–H groups in total. The third-order valence-corrected chi connectivity index (χ3v) is 5.33. The van der Waals surface area contributed by atoms with Crippen LogP contribution in [0.25, 0.3) is 11.3 Å². The van der Waals surface area contributed by atoms with Crippen LogP contribution in [0.15, 0.2) is 59.6 Å². The summed E-state index contributed by atoms with van der Waals surface area (Å²) in [5, 5.41) is 12.9. The molecule has 1 amide bonds. The summed E-state index contributed by atoms with van der Waals surface area (Å²) in [7, 11) is 1.61. The number of methoxy groups -OCH3 is 1. The number of hydrogen-bond acceptors (Lipinski definition) is 5. The van der Waals surface area contributed by atoms with Crippen molar-refractivity contribution in [2.24, 2.45) is 0 Å². The Bertz CT molecular complexity index is 1090. The van der Waals surface area contributed by atoms with Crippen LogP contribution < -0.4 is 10.1 Å². The fourth-order valence-corrected chi connectivity index (χ4v) is 3.62. The zero-order chi connectivity index (χ0) is 20.8. The summed E-state index contributed by atoms with van der Waals surface area (Å²) >= 11 is 1.25. The number of benzene rings is 2. The van der Waals surface area contributed by atoms with Crippen LogP contribution >= 0.6 is 11.8 Å². The number of nitrogens with zero attached hydrogens (tertiary/aromatic N) is 2. The predicted octanol–water partition coefficient (Wildman–Crippen LogP) is 4.98. The van der Waals surface area contributed by atoms with Gasteiger partial charge in [0.25, 0.3) is 0 Å². The van der Waals surface area contributed by atoms with Crippen LogP contribution in [0.5, 0.6) is 5.75 Å². The predicted molar refractivity (Wildman–Crippen MR) is 116 cm³/mol. The van der Waals surface area contributed by atoms with Gasteiger partial charge < -0.3 is 10.1 Å². The third kappa shape index (κ3) is 5.15. The van der Waals surface area contributed by atoms with Crippen molar-refractivity contribution in [1.82, 2.24) is 4.98 Å². The maximum Gasteiger partial charge on any atom is 0.234 e. The van der Waals surface area contributed by atoms with E-state index in [0.717, 1.165) is 33.8 Å². The molecule has 0 radical (unpaired) electrons. The third-order valence-electron chi connectivity index (χ3n) is 4.34. The van der Waals surface area contributed by atoms with Gasteiger partial charge in [0, 0.05) is 11.3 Å². The summed E-state index contributed by atoms with van der Waals surface area (Å²) in [6, 6.07) is 19.1. The van der Waals surface area contributed by atoms with E-state index in [2.05, 4.69) is 16.4 Å². The number of thioether (sulfide) groups is 1. The van der Waals surface area contributed by atoms with Gasteiger partial charge in [0.1, 0.15) is 16.8 Å². The number of nitrogens with one attached hydrogen (secondary N) is 1. The number of nitriles is 1. The molecule has 0 atom stereocenters. The Morgan fingerprint density at radius 1 is 1.17 bits per heavy atom. The molecule has 0 fully saturated rings. The Balaban J connectivity index is 1.75. The van der Waals surface area contributed by atoms with Gasteiger partial charge in [-0.25, -0.2) is 4.98 Å². The van der Waals surface area contributed by atoms with Crippen LogP contribution in [0.2, 0.25) is 0 Å². The Morgan fingerprint density at radius 3 is 2.72 bits per heavy atom. The van der Waals surface area contributed by atoms with Crippen LogP contribution in [0, 0.1) is 25.2 Å². The minimum Gasteiger partial charge on any atom is -0.497 e. The number of ether oxygens (including phenoxy) is 1. The highest BCUT2D eigenvalue weighted by molar-refractivity contribution is 8.00. The highest BCUT2D eigenvalue weighted by Crippen LogP contribution is 2.27. The van der Waals surface area contributed by atoms with E-state index < -0.39 is 0 Å². The number of anilines is 1. The maximum atomic E-state index is 12.4. The first-order valence-electron chi connectivity index (χ1n) is 9.05. The van der Waals surface area contributed by atoms with Crippen molar-refractivity contribution < 1.29 is 9.53 Å². The molecule has 0 aliphatic carbocycles. The number of aromatic nitrogens is 1. The van der Waals surface area contributed by atoms with Gasteiger partial charge in [-0.2, -0.15) is 5.26 Å². The highest BCUT2D eigenvalue weighted by Gasteiger charge is 2.12. The van der Waals surface area contributed by atoms with Gasteiger partial charge >= 0.3 is 0 Å². The van der Waals surface area contributed by atoms with E-state index in [-0.39, 0.29) is 11.7 Å². The number of carbonyl (C=O) groups is 1. The Kier molecular flexibility index (Phi) is 6.53. The van der Waals surface area contributed by atoms with Crippen molar-refractivity contribution >= 4 is 23.4 Å². The average Bonchev–Trinajstić information content (AvgIpc) is 2.74. The van der Waals surface area contributed by atoms with E-state index in [0.29, 0.717) is 10.6 Å². The molecule has 0 bridgehead atoms. The number of hydrogen-bond donors (Lipinski definition) is 1. The van der Waals surface area contributed by atoms with Gasteiger partial charge in [0.05, 0.1) is 24.1 Å². The largest absolute Gasteiger partial charge is 0.497 e. The molecular weight excluding hydrogens is 382 g/mol. The van der Waals surface area contributed by atoms with Gasteiger partial charge in [-0.3, -0.25) is 4.79 Å². The second-order valence-electron chi connectivity index (χ2n) is 6.55. The van der Waals surface area contributed by atoms with Crippen LogP contribution in [-0.2, 0) is 4.79 Å². The zero-order valence-corrected chi connectivity index (χ0v) is 17.3. The lowest BCUT2D eigenvalue weighted by Crippen LogP contribution is -2.15. The maximum absolute atomic E-state index is 12.4. The van der Waals surface area contributed by atoms with Gasteiger partial charge in [-0.15, -0.1) is 0 Å². The molecule has 0 saturated carbocycles. The number of aryl methyl sites for hydroxylation is 2. The Labute approximate surface area is 174 Å². The molecule has 5 nitrogen and oxygen atoms in total. The number of rotatable bonds is 6. The highest BCUT2D eigenvalue weighted by atomic mass is 32.2. The quantitative estimate of drug-likeness (QED) is 0.588. The van der Waals surface area contributed by atoms with E-state index in [1.54, 1.807) is 19.2 Å². The normalized spacial score (nSPS) is 10.3. The molecular formula is C23H21N3O2S. The van der Waals surface area contributed by atoms with Crippen molar-refractivity contribution in [1.29, 1.82) is 5.26 Å². The van der Waals surface area contributed by atoms with Crippen molar-refractivity contribution in [3.8, 4) is 23.1 Å². The molecule has 0 saturated heterocycles. The Morgan fingerprint density at radius 2 is 2.00 bits per heavy atom. The lowest BCUT2D eigenvalue weighted by atomic mass is 10.1. The smallest absolute Gasteiger partial charge is 0.234 e. The van der Waals surface area contributed by atoms with Crippen LogP contribution in [-0.4, -0.2) is 23.8 Å². The number of carbonyl (C=O) groups excluding carboxylic acids is 1. The molecule has 0 aliphatic rings. The molecule has 2 aromatic carbocycles. The molecule has 0 unspecified atom stereocenters. The van der Waals surface area contributed by atoms with Gasteiger partial charge in [0.15, 0.2) is 0 Å². The van der Waals surface area contributed by atoms with Crippen LogP contribution in [0.4, 0.5) is 5.69 Å². The van der Waals surface area contributed by atoms with Crippen molar-refractivity contribution in [3.05, 3.63) is 71.3 Å². The van der Waals surface area contributed by atoms with Crippen molar-refractivity contribution in [2.75, 3.05) is 18.2 Å². The molecule has 0 spiro atoms. The lowest BCUT2D eigenvalue weighted by Gasteiger charge is -2.10. The fraction of sp³-hybridized carbons (Fsp3) is 0.174. The molecule has 6 heteroatoms. The second kappa shape index (κ2) is 9.26. The molecule has 3 aromatic rings. The topological polar surface area (TPSA) is 75.0 Å². The summed E-state index contributed by atoms with van der Waals surface area (Å²) in [6.07, 6.45) is 0. The summed E-state index contributed by atoms with van der Waals surface area (Å²) < 4.78 is 5.27. The monoisotopic (exact) mass is 403 g/mol. The van der Waals surface area contributed by atoms with Crippen LogP contribution in [0.1, 0.15) is 16.7 Å². The average molecular weight is 404 g/mol. The molecule has 1 aromatic heterocycles. The number of pyridine rings is 1. The van der Waals surface area contributed by atoms with Gasteiger partial charge in [-0.05, 0) is 49.7 Å². The second-order valence-corrected chi connectivity index (χ2v) is 7.51. The minimum atomic E-state index is -0.139. The van der Waals surface area contributed by atoms with E-state index in [4.69, 9.17) is 4.74 Å². The molecule has 1 heterocycles.